The lowest BCUT2D eigenvalue weighted by Crippen LogP contribution is -2.56. The predicted molar refractivity (Wildman–Crippen MR) is 158 cm³/mol. The lowest BCUT2D eigenvalue weighted by Gasteiger charge is -2.30. The molecule has 13 heteroatoms. The van der Waals surface area contributed by atoms with Crippen molar-refractivity contribution < 1.29 is 42.9 Å². The number of nitrogens with zero attached hydrogens (tertiary/aromatic N) is 2. The maximum atomic E-state index is 14.3. The van der Waals surface area contributed by atoms with Crippen molar-refractivity contribution in [3.8, 4) is 0 Å². The molecule has 244 valence electrons. The Morgan fingerprint density at radius 2 is 1.91 bits per heavy atom. The van der Waals surface area contributed by atoms with Gasteiger partial charge in [-0.15, -0.1) is 0 Å². The molecule has 1 aromatic carbocycles. The number of hydrogen-bond acceptors (Lipinski definition) is 7. The van der Waals surface area contributed by atoms with Crippen LogP contribution in [0, 0.1) is 11.7 Å². The second-order valence-electron chi connectivity index (χ2n) is 13.3. The van der Waals surface area contributed by atoms with E-state index in [2.05, 4.69) is 10.6 Å². The summed E-state index contributed by atoms with van der Waals surface area (Å²) in [5.41, 5.74) is -1.22. The molecule has 3 N–H and O–H groups in total. The minimum Gasteiger partial charge on any atom is -0.479 e. The maximum absolute atomic E-state index is 14.3. The molecule has 1 saturated heterocycles. The van der Waals surface area contributed by atoms with Gasteiger partial charge in [0.05, 0.1) is 13.1 Å². The molecule has 3 heterocycles. The zero-order valence-corrected chi connectivity index (χ0v) is 25.8. The highest BCUT2D eigenvalue weighted by Crippen LogP contribution is 2.45. The van der Waals surface area contributed by atoms with Gasteiger partial charge in [-0.25, -0.2) is 18.8 Å². The Kier molecular flexibility index (Phi) is 9.09. The normalized spacial score (nSPS) is 29.2. The number of carboxylic acid groups (broad SMARTS) is 1. The molecule has 2 fully saturated rings. The summed E-state index contributed by atoms with van der Waals surface area (Å²) in [6, 6.07) is 2.45. The standard InChI is InChI=1S/C32H41FN4O8/c1-31(2,3)45-29(42)34-24-13-8-6-4-5-7-11-20-15-32(20,28(40)41)35-26(38)25-14-21(17-37(25)27(24)39)44-30(43)36-16-19-10-9-12-23(33)22(19)18-36/h7,9-12,20-21,24-25H,4-6,8,13-18H2,1-3H3,(H,34,42)(H,35,38)(H,40,41)/b11-7-/t20?,21?,24-,25?,32?/m1/s1. The van der Waals surface area contributed by atoms with Crippen molar-refractivity contribution in [2.24, 2.45) is 5.92 Å². The molecule has 0 radical (unpaired) electrons. The van der Waals surface area contributed by atoms with E-state index in [9.17, 15) is 33.5 Å². The summed E-state index contributed by atoms with van der Waals surface area (Å²) >= 11 is 0. The predicted octanol–water partition coefficient (Wildman–Crippen LogP) is 3.62. The van der Waals surface area contributed by atoms with Gasteiger partial charge in [-0.1, -0.05) is 37.1 Å². The van der Waals surface area contributed by atoms with E-state index in [4.69, 9.17) is 9.47 Å². The third kappa shape index (κ3) is 7.23. The Bertz CT molecular complexity index is 1390. The number of carboxylic acids is 1. The fourth-order valence-electron chi connectivity index (χ4n) is 6.32. The second kappa shape index (κ2) is 12.7. The van der Waals surface area contributed by atoms with Gasteiger partial charge in [0, 0.05) is 24.4 Å². The van der Waals surface area contributed by atoms with Crippen LogP contribution in [0.2, 0.25) is 0 Å². The largest absolute Gasteiger partial charge is 0.479 e. The van der Waals surface area contributed by atoms with E-state index in [-0.39, 0.29) is 44.8 Å². The molecule has 4 amide bonds. The first-order chi connectivity index (χ1) is 21.3. The summed E-state index contributed by atoms with van der Waals surface area (Å²) in [7, 11) is 0. The molecule has 4 aliphatic rings. The van der Waals surface area contributed by atoms with Gasteiger partial charge in [0.1, 0.15) is 35.1 Å². The Morgan fingerprint density at radius 3 is 2.62 bits per heavy atom. The number of nitrogens with one attached hydrogen (secondary N) is 2. The third-order valence-corrected chi connectivity index (χ3v) is 8.76. The van der Waals surface area contributed by atoms with Crippen molar-refractivity contribution in [2.45, 2.75) is 108 Å². The van der Waals surface area contributed by atoms with Crippen molar-refractivity contribution in [2.75, 3.05) is 6.54 Å². The molecule has 5 atom stereocenters. The Hall–Kier alpha value is -4.16. The number of hydrogen-bond donors (Lipinski definition) is 3. The highest BCUT2D eigenvalue weighted by Gasteiger charge is 2.61. The number of alkyl carbamates (subject to hydrolysis) is 1. The summed E-state index contributed by atoms with van der Waals surface area (Å²) in [4.78, 5) is 68.5. The Balaban J connectivity index is 1.37. The smallest absolute Gasteiger partial charge is 0.410 e. The van der Waals surface area contributed by atoms with Crippen LogP contribution in [-0.4, -0.2) is 80.7 Å². The molecule has 0 aromatic heterocycles. The van der Waals surface area contributed by atoms with Crippen LogP contribution in [0.1, 0.15) is 76.8 Å². The van der Waals surface area contributed by atoms with Gasteiger partial charge in [0.15, 0.2) is 0 Å². The van der Waals surface area contributed by atoms with Crippen LogP contribution in [0.5, 0.6) is 0 Å². The third-order valence-electron chi connectivity index (χ3n) is 8.76. The molecule has 1 aliphatic carbocycles. The minimum absolute atomic E-state index is 0.0258. The van der Waals surface area contributed by atoms with Crippen LogP contribution < -0.4 is 10.6 Å². The Morgan fingerprint density at radius 1 is 1.13 bits per heavy atom. The van der Waals surface area contributed by atoms with Crippen molar-refractivity contribution in [1.29, 1.82) is 0 Å². The number of amides is 4. The molecule has 0 bridgehead atoms. The first kappa shape index (κ1) is 32.2. The molecular weight excluding hydrogens is 587 g/mol. The van der Waals surface area contributed by atoms with Gasteiger partial charge in [-0.3, -0.25) is 14.5 Å². The fourth-order valence-corrected chi connectivity index (χ4v) is 6.32. The van der Waals surface area contributed by atoms with Crippen molar-refractivity contribution in [1.82, 2.24) is 20.4 Å². The zero-order chi connectivity index (χ0) is 32.5. The van der Waals surface area contributed by atoms with Gasteiger partial charge < -0.3 is 30.1 Å². The van der Waals surface area contributed by atoms with Crippen LogP contribution in [0.25, 0.3) is 0 Å². The molecule has 3 aliphatic heterocycles. The molecular formula is C32H41FN4O8. The molecule has 1 saturated carbocycles. The van der Waals surface area contributed by atoms with Crippen LogP contribution in [-0.2, 0) is 36.9 Å². The van der Waals surface area contributed by atoms with Crippen LogP contribution in [0.4, 0.5) is 14.0 Å². The second-order valence-corrected chi connectivity index (χ2v) is 13.3. The van der Waals surface area contributed by atoms with Crippen LogP contribution in [0.15, 0.2) is 30.4 Å². The summed E-state index contributed by atoms with van der Waals surface area (Å²) in [6.07, 6.45) is 4.66. The average molecular weight is 629 g/mol. The van der Waals surface area contributed by atoms with E-state index in [0.29, 0.717) is 17.5 Å². The lowest BCUT2D eigenvalue weighted by atomic mass is 10.0. The molecule has 12 nitrogen and oxygen atoms in total. The van der Waals surface area contributed by atoms with E-state index in [1.54, 1.807) is 32.9 Å². The maximum Gasteiger partial charge on any atom is 0.410 e. The SMILES string of the molecule is CC(C)(C)OC(=O)N[C@@H]1CCCCC/C=C\C2CC2(C(=O)O)NC(=O)C2CC(OC(=O)N3Cc4cccc(F)c4C3)CN2C1=O. The highest BCUT2D eigenvalue weighted by molar-refractivity contribution is 5.96. The van der Waals surface area contributed by atoms with Crippen molar-refractivity contribution in [3.63, 3.8) is 0 Å². The highest BCUT2D eigenvalue weighted by atomic mass is 19.1. The van der Waals surface area contributed by atoms with Gasteiger partial charge in [0.25, 0.3) is 0 Å². The number of benzene rings is 1. The van der Waals surface area contributed by atoms with Gasteiger partial charge >= 0.3 is 18.2 Å². The number of carbonyl (C=O) groups is 5. The molecule has 5 rings (SSSR count). The topological polar surface area (TPSA) is 155 Å². The quantitative estimate of drug-likeness (QED) is 0.429. The number of carbonyl (C=O) groups excluding carboxylic acids is 4. The van der Waals surface area contributed by atoms with Crippen LogP contribution in [0.3, 0.4) is 0 Å². The van der Waals surface area contributed by atoms with E-state index in [1.807, 2.05) is 12.2 Å². The van der Waals surface area contributed by atoms with Gasteiger partial charge in [-0.2, -0.15) is 0 Å². The summed E-state index contributed by atoms with van der Waals surface area (Å²) in [5, 5.41) is 15.4. The average Bonchev–Trinajstić information content (AvgIpc) is 3.27. The monoisotopic (exact) mass is 628 g/mol. The van der Waals surface area contributed by atoms with E-state index >= 15 is 0 Å². The number of allylic oxidation sites excluding steroid dienone is 1. The van der Waals surface area contributed by atoms with Gasteiger partial charge in [-0.05, 0) is 58.1 Å². The summed E-state index contributed by atoms with van der Waals surface area (Å²) < 4.78 is 25.4. The number of halogens is 1. The molecule has 4 unspecified atom stereocenters. The number of aliphatic carboxylic acids is 1. The Labute approximate surface area is 261 Å². The summed E-state index contributed by atoms with van der Waals surface area (Å²) in [6.45, 7) is 5.15. The summed E-state index contributed by atoms with van der Waals surface area (Å²) in [5.74, 6) is -3.20. The van der Waals surface area contributed by atoms with Crippen LogP contribution >= 0.6 is 0 Å². The first-order valence-electron chi connectivity index (χ1n) is 15.5. The fraction of sp³-hybridized carbons (Fsp3) is 0.594. The lowest BCUT2D eigenvalue weighted by molar-refractivity contribution is -0.145. The molecule has 0 spiro atoms. The van der Waals surface area contributed by atoms with Gasteiger partial charge in [0.2, 0.25) is 11.8 Å². The molecule has 45 heavy (non-hydrogen) atoms. The number of ether oxygens (including phenoxy) is 2. The number of fused-ring (bicyclic) bond motifs is 3. The van der Waals surface area contributed by atoms with Crippen molar-refractivity contribution in [3.05, 3.63) is 47.3 Å². The number of rotatable bonds is 3. The first-order valence-corrected chi connectivity index (χ1v) is 15.5. The van der Waals surface area contributed by atoms with Crippen molar-refractivity contribution >= 4 is 30.0 Å². The van der Waals surface area contributed by atoms with E-state index in [1.165, 1.54) is 15.9 Å². The minimum atomic E-state index is -1.49. The van der Waals surface area contributed by atoms with E-state index in [0.717, 1.165) is 19.3 Å². The zero-order valence-electron chi connectivity index (χ0n) is 25.8. The van der Waals surface area contributed by atoms with E-state index < -0.39 is 65.1 Å². The molecule has 1 aromatic rings.